The number of hydrogen-bond donors (Lipinski definition) is 0. The fraction of sp³-hybridized carbons (Fsp3) is 0.750. The second-order valence-corrected chi connectivity index (χ2v) is 4.90. The third-order valence-corrected chi connectivity index (χ3v) is 3.99. The van der Waals surface area contributed by atoms with Crippen molar-refractivity contribution in [2.24, 2.45) is 0 Å². The maximum absolute atomic E-state index is 4.57. The van der Waals surface area contributed by atoms with Crippen molar-refractivity contribution in [1.82, 2.24) is 9.78 Å². The smallest absolute Gasteiger partial charge is 0.0533 e. The number of rotatable bonds is 3. The van der Waals surface area contributed by atoms with Gasteiger partial charge < -0.3 is 0 Å². The molecule has 3 heteroatoms. The molecule has 2 nitrogen and oxygen atoms in total. The molecule has 0 aliphatic heterocycles. The summed E-state index contributed by atoms with van der Waals surface area (Å²) < 4.78 is 2.29. The third kappa shape index (κ3) is 2.27. The van der Waals surface area contributed by atoms with Gasteiger partial charge in [-0.05, 0) is 19.3 Å². The molecule has 0 unspecified atom stereocenters. The molecule has 0 spiro atoms. The van der Waals surface area contributed by atoms with Crippen molar-refractivity contribution in [1.29, 1.82) is 0 Å². The highest BCUT2D eigenvalue weighted by Gasteiger charge is 2.19. The van der Waals surface area contributed by atoms with Crippen LogP contribution in [0, 0.1) is 0 Å². The zero-order valence-electron chi connectivity index (χ0n) is 9.38. The lowest BCUT2D eigenvalue weighted by Gasteiger charge is -2.24. The van der Waals surface area contributed by atoms with Crippen molar-refractivity contribution in [3.05, 3.63) is 17.5 Å². The zero-order chi connectivity index (χ0) is 10.7. The second kappa shape index (κ2) is 5.15. The summed E-state index contributed by atoms with van der Waals surface area (Å²) in [5, 5.41) is 5.50. The highest BCUT2D eigenvalue weighted by Crippen LogP contribution is 2.29. The Morgan fingerprint density at radius 2 is 2.13 bits per heavy atom. The van der Waals surface area contributed by atoms with E-state index in [-0.39, 0.29) is 0 Å². The fourth-order valence-corrected chi connectivity index (χ4v) is 3.03. The highest BCUT2D eigenvalue weighted by molar-refractivity contribution is 9.08. The summed E-state index contributed by atoms with van der Waals surface area (Å²) in [6, 6.07) is 0.668. The van der Waals surface area contributed by atoms with Gasteiger partial charge in [0.15, 0.2) is 0 Å². The van der Waals surface area contributed by atoms with Crippen LogP contribution in [0.2, 0.25) is 0 Å². The van der Waals surface area contributed by atoms with Crippen LogP contribution in [-0.4, -0.2) is 9.78 Å². The number of hydrogen-bond acceptors (Lipinski definition) is 1. The Bertz CT molecular complexity index is 313. The minimum atomic E-state index is 0.668. The molecule has 0 atom stereocenters. The van der Waals surface area contributed by atoms with Crippen molar-refractivity contribution in [2.75, 3.05) is 0 Å². The molecule has 1 aromatic heterocycles. The number of nitrogens with zero attached hydrogens (tertiary/aromatic N) is 2. The van der Waals surface area contributed by atoms with E-state index >= 15 is 0 Å². The standard InChI is InChI=1S/C12H19BrN2/c1-2-12-10(8-13)9-14-15(12)11-6-4-3-5-7-11/h9,11H,2-8H2,1H3. The van der Waals surface area contributed by atoms with Crippen LogP contribution in [-0.2, 0) is 11.8 Å². The van der Waals surface area contributed by atoms with Gasteiger partial charge in [-0.15, -0.1) is 0 Å². The first-order valence-electron chi connectivity index (χ1n) is 5.98. The Morgan fingerprint density at radius 3 is 2.73 bits per heavy atom. The van der Waals surface area contributed by atoms with E-state index in [2.05, 4.69) is 32.6 Å². The summed E-state index contributed by atoms with van der Waals surface area (Å²) in [5.74, 6) is 0. The predicted octanol–water partition coefficient (Wildman–Crippen LogP) is 3.85. The summed E-state index contributed by atoms with van der Waals surface area (Å²) in [6.45, 7) is 2.22. The Balaban J connectivity index is 2.22. The number of halogens is 1. The average Bonchev–Trinajstić information content (AvgIpc) is 2.72. The molecule has 84 valence electrons. The largest absolute Gasteiger partial charge is 0.266 e. The van der Waals surface area contributed by atoms with E-state index in [0.29, 0.717) is 6.04 Å². The molecule has 1 aliphatic rings. The van der Waals surface area contributed by atoms with Gasteiger partial charge in [0.2, 0.25) is 0 Å². The topological polar surface area (TPSA) is 17.8 Å². The minimum Gasteiger partial charge on any atom is -0.266 e. The molecule has 15 heavy (non-hydrogen) atoms. The Hall–Kier alpha value is -0.310. The molecule has 0 radical (unpaired) electrons. The molecule has 1 heterocycles. The summed E-state index contributed by atoms with van der Waals surface area (Å²) in [5.41, 5.74) is 2.79. The first-order valence-corrected chi connectivity index (χ1v) is 7.10. The Labute approximate surface area is 100 Å². The number of aromatic nitrogens is 2. The molecule has 1 saturated carbocycles. The van der Waals surface area contributed by atoms with Crippen molar-refractivity contribution in [3.63, 3.8) is 0 Å². The second-order valence-electron chi connectivity index (χ2n) is 4.34. The molecular weight excluding hydrogens is 252 g/mol. The van der Waals surface area contributed by atoms with E-state index in [1.165, 1.54) is 43.4 Å². The van der Waals surface area contributed by atoms with E-state index in [4.69, 9.17) is 0 Å². The first-order chi connectivity index (χ1) is 7.36. The van der Waals surface area contributed by atoms with Crippen molar-refractivity contribution < 1.29 is 0 Å². The molecule has 1 aromatic rings. The monoisotopic (exact) mass is 270 g/mol. The molecule has 0 amide bonds. The van der Waals surface area contributed by atoms with E-state index in [1.807, 2.05) is 6.20 Å². The van der Waals surface area contributed by atoms with Gasteiger partial charge in [0.05, 0.1) is 12.2 Å². The average molecular weight is 271 g/mol. The van der Waals surface area contributed by atoms with Gasteiger partial charge >= 0.3 is 0 Å². The van der Waals surface area contributed by atoms with Crippen LogP contribution in [0.1, 0.15) is 56.3 Å². The van der Waals surface area contributed by atoms with Gasteiger partial charge in [-0.2, -0.15) is 5.10 Å². The quantitative estimate of drug-likeness (QED) is 0.763. The van der Waals surface area contributed by atoms with E-state index in [9.17, 15) is 0 Å². The predicted molar refractivity (Wildman–Crippen MR) is 66.4 cm³/mol. The van der Waals surface area contributed by atoms with E-state index in [0.717, 1.165) is 11.8 Å². The van der Waals surface area contributed by atoms with Gasteiger partial charge in [-0.25, -0.2) is 0 Å². The van der Waals surface area contributed by atoms with Crippen molar-refractivity contribution >= 4 is 15.9 Å². The van der Waals surface area contributed by atoms with Crippen molar-refractivity contribution in [2.45, 2.75) is 56.8 Å². The number of alkyl halides is 1. The normalized spacial score (nSPS) is 18.3. The summed E-state index contributed by atoms with van der Waals surface area (Å²) in [6.07, 6.45) is 9.91. The van der Waals surface area contributed by atoms with Crippen LogP contribution in [0.4, 0.5) is 0 Å². The zero-order valence-corrected chi connectivity index (χ0v) is 11.0. The van der Waals surface area contributed by atoms with Gasteiger partial charge in [-0.1, -0.05) is 42.1 Å². The van der Waals surface area contributed by atoms with Crippen LogP contribution in [0.5, 0.6) is 0 Å². The third-order valence-electron chi connectivity index (χ3n) is 3.38. The lowest BCUT2D eigenvalue weighted by Crippen LogP contribution is -2.16. The molecule has 1 fully saturated rings. The molecule has 0 bridgehead atoms. The summed E-state index contributed by atoms with van der Waals surface area (Å²) >= 11 is 3.53. The first kappa shape index (κ1) is 11.2. The van der Waals surface area contributed by atoms with Crippen LogP contribution in [0.3, 0.4) is 0 Å². The van der Waals surface area contributed by atoms with Gasteiger partial charge in [-0.3, -0.25) is 4.68 Å². The van der Waals surface area contributed by atoms with Crippen LogP contribution in [0.25, 0.3) is 0 Å². The maximum atomic E-state index is 4.57. The molecule has 0 N–H and O–H groups in total. The summed E-state index contributed by atoms with van der Waals surface area (Å²) in [4.78, 5) is 0. The fourth-order valence-electron chi connectivity index (χ4n) is 2.56. The Morgan fingerprint density at radius 1 is 1.40 bits per heavy atom. The lowest BCUT2D eigenvalue weighted by atomic mass is 9.95. The highest BCUT2D eigenvalue weighted by atomic mass is 79.9. The molecular formula is C12H19BrN2. The molecule has 1 aliphatic carbocycles. The molecule has 0 saturated heterocycles. The van der Waals surface area contributed by atoms with Crippen LogP contribution in [0.15, 0.2) is 6.20 Å². The van der Waals surface area contributed by atoms with Crippen molar-refractivity contribution in [3.8, 4) is 0 Å². The minimum absolute atomic E-state index is 0.668. The van der Waals surface area contributed by atoms with E-state index in [1.54, 1.807) is 0 Å². The molecule has 2 rings (SSSR count). The van der Waals surface area contributed by atoms with Crippen LogP contribution < -0.4 is 0 Å². The SMILES string of the molecule is CCc1c(CBr)cnn1C1CCCCC1. The van der Waals surface area contributed by atoms with Gasteiger partial charge in [0.25, 0.3) is 0 Å². The summed E-state index contributed by atoms with van der Waals surface area (Å²) in [7, 11) is 0. The maximum Gasteiger partial charge on any atom is 0.0533 e. The van der Waals surface area contributed by atoms with Gasteiger partial charge in [0, 0.05) is 16.6 Å². The van der Waals surface area contributed by atoms with E-state index < -0.39 is 0 Å². The molecule has 0 aromatic carbocycles. The Kier molecular flexibility index (Phi) is 3.84. The van der Waals surface area contributed by atoms with Crippen LogP contribution >= 0.6 is 15.9 Å². The lowest BCUT2D eigenvalue weighted by molar-refractivity contribution is 0.322. The van der Waals surface area contributed by atoms with Gasteiger partial charge in [0.1, 0.15) is 0 Å².